The highest BCUT2D eigenvalue weighted by Crippen LogP contribution is 2.03. The molecule has 0 aliphatic heterocycles. The van der Waals surface area contributed by atoms with Gasteiger partial charge in [0.05, 0.1) is 18.8 Å². The molecule has 1 rings (SSSR count). The maximum atomic E-state index is 11.6. The zero-order valence-corrected chi connectivity index (χ0v) is 9.41. The Kier molecular flexibility index (Phi) is 3.93. The average Bonchev–Trinajstić information content (AvgIpc) is 2.44. The molecule has 3 N–H and O–H groups in total. The normalized spacial score (nSPS) is 11.2. The molecule has 1 aromatic rings. The molecule has 15 heavy (non-hydrogen) atoms. The van der Waals surface area contributed by atoms with Crippen LogP contribution >= 0.6 is 0 Å². The molecule has 1 heterocycles. The van der Waals surface area contributed by atoms with Gasteiger partial charge in [0.15, 0.2) is 0 Å². The predicted molar refractivity (Wildman–Crippen MR) is 58.7 cm³/mol. The fraction of sp³-hybridized carbons (Fsp3) is 0.667. The van der Waals surface area contributed by atoms with Gasteiger partial charge in [-0.25, -0.2) is 4.68 Å². The first-order valence-electron chi connectivity index (χ1n) is 4.77. The summed E-state index contributed by atoms with van der Waals surface area (Å²) in [4.78, 5) is 13.6. The number of nitrogens with two attached hydrogens (primary N) is 1. The van der Waals surface area contributed by atoms with E-state index in [1.807, 2.05) is 19.0 Å². The number of aromatic nitrogens is 2. The molecule has 0 atom stereocenters. The Morgan fingerprint density at radius 1 is 1.53 bits per heavy atom. The van der Waals surface area contributed by atoms with Gasteiger partial charge in [-0.3, -0.25) is 9.89 Å². The number of hydrogen-bond acceptors (Lipinski definition) is 4. The van der Waals surface area contributed by atoms with Gasteiger partial charge in [0.2, 0.25) is 0 Å². The fourth-order valence-electron chi connectivity index (χ4n) is 1.26. The second-order valence-electron chi connectivity index (χ2n) is 3.70. The molecule has 0 unspecified atom stereocenters. The van der Waals surface area contributed by atoms with E-state index in [2.05, 4.69) is 5.10 Å². The second kappa shape index (κ2) is 4.99. The number of nitrogens with one attached hydrogen (secondary N) is 1. The van der Waals surface area contributed by atoms with E-state index in [1.54, 1.807) is 7.11 Å². The topological polar surface area (TPSA) is 76.3 Å². The molecule has 1 aromatic heterocycles. The van der Waals surface area contributed by atoms with Crippen LogP contribution in [0.5, 0.6) is 0 Å². The number of methoxy groups -OCH3 is 1. The lowest BCUT2D eigenvalue weighted by Crippen LogP contribution is -2.25. The van der Waals surface area contributed by atoms with Crippen molar-refractivity contribution in [1.29, 1.82) is 0 Å². The molecule has 0 aliphatic rings. The van der Waals surface area contributed by atoms with E-state index in [0.717, 1.165) is 6.54 Å². The molecule has 0 saturated heterocycles. The summed E-state index contributed by atoms with van der Waals surface area (Å²) in [7, 11) is 5.47. The van der Waals surface area contributed by atoms with Crippen molar-refractivity contribution < 1.29 is 4.74 Å². The van der Waals surface area contributed by atoms with Gasteiger partial charge in [0, 0.05) is 13.7 Å². The van der Waals surface area contributed by atoms with Crippen molar-refractivity contribution in [2.24, 2.45) is 0 Å². The summed E-state index contributed by atoms with van der Waals surface area (Å²) in [5.41, 5.74) is 6.35. The number of rotatable bonds is 5. The summed E-state index contributed by atoms with van der Waals surface area (Å²) in [6.45, 7) is 1.71. The first-order valence-corrected chi connectivity index (χ1v) is 4.77. The third kappa shape index (κ3) is 2.84. The van der Waals surface area contributed by atoms with Gasteiger partial charge in [-0.1, -0.05) is 0 Å². The minimum atomic E-state index is -0.177. The van der Waals surface area contributed by atoms with Gasteiger partial charge in [-0.05, 0) is 14.1 Å². The number of nitrogen functional groups attached to an aromatic ring is 1. The lowest BCUT2D eigenvalue weighted by atomic mass is 10.4. The summed E-state index contributed by atoms with van der Waals surface area (Å²) < 4.78 is 6.43. The van der Waals surface area contributed by atoms with E-state index in [0.29, 0.717) is 18.8 Å². The summed E-state index contributed by atoms with van der Waals surface area (Å²) in [6, 6.07) is 0. The molecular weight excluding hydrogens is 196 g/mol. The maximum Gasteiger partial charge on any atom is 0.290 e. The summed E-state index contributed by atoms with van der Waals surface area (Å²) in [5, 5.41) is 2.93. The van der Waals surface area contributed by atoms with Crippen molar-refractivity contribution in [3.63, 3.8) is 0 Å². The SMILES string of the molecule is COCc1[nH]n(CCN(C)C)c(=O)c1N. The minimum Gasteiger partial charge on any atom is -0.393 e. The van der Waals surface area contributed by atoms with Crippen LogP contribution in [-0.2, 0) is 17.9 Å². The summed E-state index contributed by atoms with van der Waals surface area (Å²) in [5.74, 6) is 0. The zero-order chi connectivity index (χ0) is 11.4. The fourth-order valence-corrected chi connectivity index (χ4v) is 1.26. The summed E-state index contributed by atoms with van der Waals surface area (Å²) >= 11 is 0. The number of H-pyrrole nitrogens is 1. The van der Waals surface area contributed by atoms with Crippen molar-refractivity contribution >= 4 is 5.69 Å². The van der Waals surface area contributed by atoms with E-state index in [-0.39, 0.29) is 11.2 Å². The molecule has 86 valence electrons. The molecule has 0 bridgehead atoms. The lowest BCUT2D eigenvalue weighted by Gasteiger charge is -2.08. The molecule has 0 amide bonds. The van der Waals surface area contributed by atoms with E-state index >= 15 is 0 Å². The smallest absolute Gasteiger partial charge is 0.290 e. The number of anilines is 1. The number of nitrogens with zero attached hydrogens (tertiary/aromatic N) is 2. The zero-order valence-electron chi connectivity index (χ0n) is 9.41. The van der Waals surface area contributed by atoms with Crippen LogP contribution in [0.1, 0.15) is 5.69 Å². The Balaban J connectivity index is 2.81. The van der Waals surface area contributed by atoms with E-state index in [1.165, 1.54) is 4.68 Å². The van der Waals surface area contributed by atoms with Crippen molar-refractivity contribution in [2.75, 3.05) is 33.5 Å². The third-order valence-electron chi connectivity index (χ3n) is 2.13. The largest absolute Gasteiger partial charge is 0.393 e. The van der Waals surface area contributed by atoms with Crippen molar-refractivity contribution in [1.82, 2.24) is 14.7 Å². The minimum absolute atomic E-state index is 0.177. The highest BCUT2D eigenvalue weighted by Gasteiger charge is 2.10. The van der Waals surface area contributed by atoms with Gasteiger partial charge in [-0.15, -0.1) is 0 Å². The van der Waals surface area contributed by atoms with Crippen LogP contribution < -0.4 is 11.3 Å². The molecule has 0 saturated carbocycles. The van der Waals surface area contributed by atoms with Crippen LogP contribution in [0, 0.1) is 0 Å². The maximum absolute atomic E-state index is 11.6. The Hall–Kier alpha value is -1.27. The monoisotopic (exact) mass is 214 g/mol. The molecule has 0 aliphatic carbocycles. The Labute approximate surface area is 88.6 Å². The summed E-state index contributed by atoms with van der Waals surface area (Å²) in [6.07, 6.45) is 0. The van der Waals surface area contributed by atoms with Crippen molar-refractivity contribution in [3.8, 4) is 0 Å². The Morgan fingerprint density at radius 3 is 2.73 bits per heavy atom. The van der Waals surface area contributed by atoms with E-state index in [9.17, 15) is 4.79 Å². The van der Waals surface area contributed by atoms with E-state index < -0.39 is 0 Å². The van der Waals surface area contributed by atoms with E-state index in [4.69, 9.17) is 10.5 Å². The Bertz CT molecular complexity index is 367. The highest BCUT2D eigenvalue weighted by atomic mass is 16.5. The predicted octanol–water partition coefficient (Wildman–Crippen LogP) is -0.533. The second-order valence-corrected chi connectivity index (χ2v) is 3.70. The molecule has 0 fully saturated rings. The van der Waals surface area contributed by atoms with Gasteiger partial charge in [0.1, 0.15) is 5.69 Å². The molecule has 0 aromatic carbocycles. The first kappa shape index (κ1) is 11.8. The Morgan fingerprint density at radius 2 is 2.20 bits per heavy atom. The molecule has 6 nitrogen and oxygen atoms in total. The molecule has 0 radical (unpaired) electrons. The van der Waals surface area contributed by atoms with Crippen LogP contribution in [0.2, 0.25) is 0 Å². The molecule has 6 heteroatoms. The number of likely N-dealkylation sites (N-methyl/N-ethyl adjacent to an activating group) is 1. The average molecular weight is 214 g/mol. The number of hydrogen-bond donors (Lipinski definition) is 2. The van der Waals surface area contributed by atoms with Crippen LogP contribution in [0.4, 0.5) is 5.69 Å². The quantitative estimate of drug-likeness (QED) is 0.690. The highest BCUT2D eigenvalue weighted by molar-refractivity contribution is 5.40. The standard InChI is InChI=1S/C9H18N4O2/c1-12(2)4-5-13-9(14)8(10)7(11-13)6-15-3/h11H,4-6,10H2,1-3H3. The van der Waals surface area contributed by atoms with Crippen molar-refractivity contribution in [2.45, 2.75) is 13.2 Å². The molecular formula is C9H18N4O2. The van der Waals surface area contributed by atoms with Gasteiger partial charge in [-0.2, -0.15) is 0 Å². The number of ether oxygens (including phenoxy) is 1. The van der Waals surface area contributed by atoms with Gasteiger partial charge < -0.3 is 15.4 Å². The van der Waals surface area contributed by atoms with Crippen LogP contribution in [0.3, 0.4) is 0 Å². The molecule has 0 spiro atoms. The van der Waals surface area contributed by atoms with Gasteiger partial charge >= 0.3 is 0 Å². The number of aromatic amines is 1. The first-order chi connectivity index (χ1) is 7.06. The van der Waals surface area contributed by atoms with Crippen molar-refractivity contribution in [3.05, 3.63) is 16.0 Å². The van der Waals surface area contributed by atoms with Crippen LogP contribution in [0.25, 0.3) is 0 Å². The van der Waals surface area contributed by atoms with Crippen LogP contribution in [0.15, 0.2) is 4.79 Å². The van der Waals surface area contributed by atoms with Gasteiger partial charge in [0.25, 0.3) is 5.56 Å². The third-order valence-corrected chi connectivity index (χ3v) is 2.13. The lowest BCUT2D eigenvalue weighted by molar-refractivity contribution is 0.181. The van der Waals surface area contributed by atoms with Crippen LogP contribution in [-0.4, -0.2) is 42.4 Å².